The van der Waals surface area contributed by atoms with E-state index >= 15 is 0 Å². The zero-order valence-corrected chi connectivity index (χ0v) is 21.0. The summed E-state index contributed by atoms with van der Waals surface area (Å²) >= 11 is 0. The largest absolute Gasteiger partial charge is 0.494 e. The summed E-state index contributed by atoms with van der Waals surface area (Å²) in [6.45, 7) is 2.17. The van der Waals surface area contributed by atoms with Crippen LogP contribution in [0.5, 0.6) is 5.75 Å². The lowest BCUT2D eigenvalue weighted by Gasteiger charge is -2.21. The summed E-state index contributed by atoms with van der Waals surface area (Å²) in [5, 5.41) is 9.71. The topological polar surface area (TPSA) is 102 Å². The van der Waals surface area contributed by atoms with Crippen LogP contribution in [0.3, 0.4) is 0 Å². The molecule has 1 saturated carbocycles. The first-order chi connectivity index (χ1) is 18.1. The number of carbonyl (C=O) groups is 1. The van der Waals surface area contributed by atoms with Gasteiger partial charge in [-0.1, -0.05) is 32.1 Å². The molecule has 9 heteroatoms. The van der Waals surface area contributed by atoms with Crippen LogP contribution in [0.1, 0.15) is 67.8 Å². The van der Waals surface area contributed by atoms with Gasteiger partial charge in [0, 0.05) is 31.4 Å². The van der Waals surface area contributed by atoms with Gasteiger partial charge in [-0.25, -0.2) is 14.4 Å². The predicted octanol–water partition coefficient (Wildman–Crippen LogP) is 5.58. The number of anilines is 1. The van der Waals surface area contributed by atoms with Crippen molar-refractivity contribution in [3.63, 3.8) is 0 Å². The Morgan fingerprint density at radius 1 is 1.11 bits per heavy atom. The maximum atomic E-state index is 14.7. The third-order valence-electron chi connectivity index (χ3n) is 7.24. The Bertz CT molecular complexity index is 1190. The molecule has 0 radical (unpaired) electrons. The zero-order valence-electron chi connectivity index (χ0n) is 21.0. The summed E-state index contributed by atoms with van der Waals surface area (Å²) in [6.07, 6.45) is 11.7. The standard InChI is InChI=1S/C28H34FN5O3/c29-24-9-8-22(37-14-11-20-7-4-13-36-18-20)17-23(24)21-10-12-30-25(16-21)32-28(35)27-31-26(33-34-27)15-19-5-2-1-3-6-19/h8-10,12,16-17,19-20H,1-7,11,13-15,18H2,(H,30,32,35)(H,31,33,34). The summed E-state index contributed by atoms with van der Waals surface area (Å²) in [4.78, 5) is 21.3. The van der Waals surface area contributed by atoms with Gasteiger partial charge in [0.25, 0.3) is 5.91 Å². The molecule has 3 heterocycles. The maximum absolute atomic E-state index is 14.7. The highest BCUT2D eigenvalue weighted by atomic mass is 19.1. The number of hydrogen-bond acceptors (Lipinski definition) is 6. The summed E-state index contributed by atoms with van der Waals surface area (Å²) in [7, 11) is 0. The Labute approximate surface area is 216 Å². The third-order valence-corrected chi connectivity index (χ3v) is 7.24. The molecule has 2 fully saturated rings. The summed E-state index contributed by atoms with van der Waals surface area (Å²) < 4.78 is 26.2. The van der Waals surface area contributed by atoms with Gasteiger partial charge in [0.05, 0.1) is 6.61 Å². The number of ether oxygens (including phenoxy) is 2. The summed E-state index contributed by atoms with van der Waals surface area (Å²) in [5.41, 5.74) is 0.964. The number of benzene rings is 1. The average molecular weight is 508 g/mol. The first-order valence-electron chi connectivity index (χ1n) is 13.3. The van der Waals surface area contributed by atoms with Crippen molar-refractivity contribution in [2.75, 3.05) is 25.1 Å². The van der Waals surface area contributed by atoms with E-state index in [1.807, 2.05) is 0 Å². The van der Waals surface area contributed by atoms with E-state index in [1.54, 1.807) is 24.3 Å². The van der Waals surface area contributed by atoms with E-state index in [2.05, 4.69) is 25.5 Å². The minimum Gasteiger partial charge on any atom is -0.494 e. The molecule has 1 aromatic carbocycles. The fourth-order valence-corrected chi connectivity index (χ4v) is 5.19. The van der Waals surface area contributed by atoms with Crippen LogP contribution >= 0.6 is 0 Å². The lowest BCUT2D eigenvalue weighted by atomic mass is 9.87. The Kier molecular flexibility index (Phi) is 8.40. The molecule has 2 aromatic heterocycles. The predicted molar refractivity (Wildman–Crippen MR) is 138 cm³/mol. The summed E-state index contributed by atoms with van der Waals surface area (Å²) in [5.74, 6) is 1.96. The van der Waals surface area contributed by atoms with E-state index in [1.165, 1.54) is 44.4 Å². The van der Waals surface area contributed by atoms with Gasteiger partial charge in [-0.05, 0) is 67.0 Å². The van der Waals surface area contributed by atoms with Gasteiger partial charge in [0.1, 0.15) is 23.2 Å². The molecule has 1 amide bonds. The SMILES string of the molecule is O=C(Nc1cc(-c2cc(OCCC3CCCOC3)ccc2F)ccn1)c1n[nH]c(CC2CCCCC2)n1. The molecular weight excluding hydrogens is 473 g/mol. The number of amides is 1. The fraction of sp³-hybridized carbons (Fsp3) is 0.500. The number of aromatic nitrogens is 4. The van der Waals surface area contributed by atoms with Crippen molar-refractivity contribution in [1.29, 1.82) is 0 Å². The van der Waals surface area contributed by atoms with E-state index in [4.69, 9.17) is 9.47 Å². The van der Waals surface area contributed by atoms with Crippen molar-refractivity contribution in [3.8, 4) is 16.9 Å². The molecule has 3 aromatic rings. The first-order valence-corrected chi connectivity index (χ1v) is 13.3. The number of nitrogens with one attached hydrogen (secondary N) is 2. The number of H-pyrrole nitrogens is 1. The molecule has 0 spiro atoms. The molecule has 1 saturated heterocycles. The highest BCUT2D eigenvalue weighted by Gasteiger charge is 2.19. The third kappa shape index (κ3) is 6.91. The van der Waals surface area contributed by atoms with Gasteiger partial charge < -0.3 is 14.8 Å². The van der Waals surface area contributed by atoms with Crippen molar-refractivity contribution >= 4 is 11.7 Å². The smallest absolute Gasteiger partial charge is 0.296 e. The van der Waals surface area contributed by atoms with Crippen molar-refractivity contribution < 1.29 is 18.7 Å². The lowest BCUT2D eigenvalue weighted by Crippen LogP contribution is -2.19. The highest BCUT2D eigenvalue weighted by molar-refractivity contribution is 6.01. The van der Waals surface area contributed by atoms with Crippen LogP contribution in [0.25, 0.3) is 11.1 Å². The van der Waals surface area contributed by atoms with Gasteiger partial charge in [-0.2, -0.15) is 0 Å². The van der Waals surface area contributed by atoms with Crippen LogP contribution in [0.4, 0.5) is 10.2 Å². The van der Waals surface area contributed by atoms with Crippen LogP contribution in [-0.2, 0) is 11.2 Å². The maximum Gasteiger partial charge on any atom is 0.296 e. The van der Waals surface area contributed by atoms with E-state index < -0.39 is 5.91 Å². The number of nitrogens with zero attached hydrogens (tertiary/aromatic N) is 3. The van der Waals surface area contributed by atoms with Crippen molar-refractivity contribution in [2.45, 2.75) is 57.8 Å². The van der Waals surface area contributed by atoms with Crippen LogP contribution in [0, 0.1) is 17.7 Å². The van der Waals surface area contributed by atoms with Crippen molar-refractivity contribution in [1.82, 2.24) is 20.2 Å². The van der Waals surface area contributed by atoms with Gasteiger partial charge in [0.2, 0.25) is 5.82 Å². The number of hydrogen-bond donors (Lipinski definition) is 2. The molecule has 8 nitrogen and oxygen atoms in total. The average Bonchev–Trinajstić information content (AvgIpc) is 3.40. The minimum absolute atomic E-state index is 0.0722. The van der Waals surface area contributed by atoms with E-state index in [9.17, 15) is 9.18 Å². The first kappa shape index (κ1) is 25.3. The van der Waals surface area contributed by atoms with Crippen molar-refractivity contribution in [2.24, 2.45) is 11.8 Å². The van der Waals surface area contributed by atoms with E-state index in [0.29, 0.717) is 41.1 Å². The number of aromatic amines is 1. The van der Waals surface area contributed by atoms with Gasteiger partial charge in [-0.3, -0.25) is 9.89 Å². The van der Waals surface area contributed by atoms with Crippen molar-refractivity contribution in [3.05, 3.63) is 54.0 Å². The van der Waals surface area contributed by atoms with Crippen LogP contribution in [0.2, 0.25) is 0 Å². The van der Waals surface area contributed by atoms with Gasteiger partial charge >= 0.3 is 0 Å². The lowest BCUT2D eigenvalue weighted by molar-refractivity contribution is 0.0462. The minimum atomic E-state index is -0.458. The summed E-state index contributed by atoms with van der Waals surface area (Å²) in [6, 6.07) is 8.05. The monoisotopic (exact) mass is 507 g/mol. The normalized spacial score (nSPS) is 18.5. The molecule has 5 rings (SSSR count). The number of halogens is 1. The number of pyridine rings is 1. The Balaban J connectivity index is 1.20. The molecule has 2 aliphatic rings. The second-order valence-electron chi connectivity index (χ2n) is 10.1. The van der Waals surface area contributed by atoms with E-state index in [-0.39, 0.29) is 11.6 Å². The Morgan fingerprint density at radius 2 is 1.97 bits per heavy atom. The molecule has 1 unspecified atom stereocenters. The number of carbonyl (C=O) groups excluding carboxylic acids is 1. The van der Waals surface area contributed by atoms with E-state index in [0.717, 1.165) is 44.7 Å². The quantitative estimate of drug-likeness (QED) is 0.392. The van der Waals surface area contributed by atoms with Crippen LogP contribution in [-0.4, -0.2) is 45.9 Å². The molecule has 37 heavy (non-hydrogen) atoms. The molecule has 0 bridgehead atoms. The number of rotatable bonds is 9. The second kappa shape index (κ2) is 12.3. The second-order valence-corrected chi connectivity index (χ2v) is 10.1. The molecule has 1 aliphatic carbocycles. The highest BCUT2D eigenvalue weighted by Crippen LogP contribution is 2.29. The zero-order chi connectivity index (χ0) is 25.5. The van der Waals surface area contributed by atoms with Gasteiger partial charge in [-0.15, -0.1) is 5.10 Å². The van der Waals surface area contributed by atoms with Crippen LogP contribution < -0.4 is 10.1 Å². The molecule has 1 aliphatic heterocycles. The molecule has 2 N–H and O–H groups in total. The fourth-order valence-electron chi connectivity index (χ4n) is 5.19. The Hall–Kier alpha value is -3.33. The molecule has 196 valence electrons. The van der Waals surface area contributed by atoms with Gasteiger partial charge in [0.15, 0.2) is 0 Å². The van der Waals surface area contributed by atoms with Crippen LogP contribution in [0.15, 0.2) is 36.5 Å². The molecular formula is C28H34FN5O3. The Morgan fingerprint density at radius 3 is 2.81 bits per heavy atom. The molecule has 1 atom stereocenters.